The largest absolute Gasteiger partial charge is 0.490 e. The number of para-hydroxylation sites is 1. The van der Waals surface area contributed by atoms with Crippen LogP contribution in [0.3, 0.4) is 0 Å². The number of methoxy groups -OCH3 is 1. The molecule has 11 heteroatoms. The minimum absolute atomic E-state index is 0.123. The van der Waals surface area contributed by atoms with Gasteiger partial charge in [0.2, 0.25) is 0 Å². The van der Waals surface area contributed by atoms with Crippen molar-refractivity contribution in [1.82, 2.24) is 20.6 Å². The summed E-state index contributed by atoms with van der Waals surface area (Å²) in [4.78, 5) is 24.7. The molecule has 234 valence electrons. The Morgan fingerprint density at radius 3 is 2.69 bits per heavy atom. The van der Waals surface area contributed by atoms with Crippen molar-refractivity contribution in [3.8, 4) is 11.5 Å². The molecule has 0 saturated carbocycles. The van der Waals surface area contributed by atoms with Gasteiger partial charge in [-0.25, -0.2) is 9.59 Å². The first-order valence-corrected chi connectivity index (χ1v) is 14.6. The quantitative estimate of drug-likeness (QED) is 0.0801. The highest BCUT2D eigenvalue weighted by Crippen LogP contribution is 2.35. The van der Waals surface area contributed by atoms with Gasteiger partial charge in [-0.15, -0.1) is 0 Å². The van der Waals surface area contributed by atoms with Gasteiger partial charge in [-0.3, -0.25) is 5.43 Å². The molecule has 0 bridgehead atoms. The van der Waals surface area contributed by atoms with E-state index in [0.29, 0.717) is 29.4 Å². The normalized spacial score (nSPS) is 15.5. The first-order valence-electron chi connectivity index (χ1n) is 14.6. The van der Waals surface area contributed by atoms with E-state index < -0.39 is 24.3 Å². The lowest BCUT2D eigenvalue weighted by Gasteiger charge is -2.28. The van der Waals surface area contributed by atoms with E-state index in [9.17, 15) is 14.7 Å². The number of aliphatic hydroxyl groups is 1. The molecule has 0 unspecified atom stereocenters. The van der Waals surface area contributed by atoms with Gasteiger partial charge in [-0.2, -0.15) is 5.10 Å². The van der Waals surface area contributed by atoms with Gasteiger partial charge in [0, 0.05) is 34.9 Å². The second-order valence-electron chi connectivity index (χ2n) is 10.6. The number of hydrogen-bond donors (Lipinski definition) is 4. The van der Waals surface area contributed by atoms with Crippen molar-refractivity contribution in [3.05, 3.63) is 106 Å². The number of carbonyl (C=O) groups excluding carboxylic acids is 2. The number of rotatable bonds is 12. The number of nitrogens with one attached hydrogen (secondary N) is 3. The summed E-state index contributed by atoms with van der Waals surface area (Å²) in [6.45, 7) is 6.50. The van der Waals surface area contributed by atoms with Gasteiger partial charge in [0.25, 0.3) is 0 Å². The number of amides is 2. The zero-order valence-corrected chi connectivity index (χ0v) is 25.7. The highest BCUT2D eigenvalue weighted by molar-refractivity contribution is 5.99. The molecule has 0 radical (unpaired) electrons. The minimum atomic E-state index is -1.11. The number of hydrogen-bond acceptors (Lipinski definition) is 8. The Bertz CT molecular complexity index is 1760. The van der Waals surface area contributed by atoms with E-state index in [1.807, 2.05) is 31.3 Å². The van der Waals surface area contributed by atoms with E-state index >= 15 is 0 Å². The zero-order valence-electron chi connectivity index (χ0n) is 25.7. The summed E-state index contributed by atoms with van der Waals surface area (Å²) >= 11 is 0. The van der Waals surface area contributed by atoms with Crippen molar-refractivity contribution >= 4 is 29.1 Å². The first kappa shape index (κ1) is 31.1. The topological polar surface area (TPSA) is 135 Å². The lowest BCUT2D eigenvalue weighted by atomic mass is 9.95. The molecule has 2 amide bonds. The monoisotopic (exact) mass is 611 g/mol. The molecule has 3 aromatic carbocycles. The Labute approximate surface area is 261 Å². The average Bonchev–Trinajstić information content (AvgIpc) is 3.36. The van der Waals surface area contributed by atoms with Crippen LogP contribution in [0.5, 0.6) is 11.5 Å². The fourth-order valence-electron chi connectivity index (χ4n) is 5.33. The van der Waals surface area contributed by atoms with Crippen molar-refractivity contribution < 1.29 is 28.9 Å². The number of nitrogens with zero attached hydrogens (tertiary/aromatic N) is 2. The maximum absolute atomic E-state index is 12.5. The van der Waals surface area contributed by atoms with Crippen molar-refractivity contribution in [2.24, 2.45) is 5.10 Å². The summed E-state index contributed by atoms with van der Waals surface area (Å²) in [6.07, 6.45) is 2.61. The van der Waals surface area contributed by atoms with Gasteiger partial charge in [0.15, 0.2) is 17.7 Å². The van der Waals surface area contributed by atoms with E-state index in [2.05, 4.69) is 63.0 Å². The molecule has 0 fully saturated rings. The molecule has 0 saturated heterocycles. The van der Waals surface area contributed by atoms with Crippen LogP contribution in [0.15, 0.2) is 89.3 Å². The van der Waals surface area contributed by atoms with Gasteiger partial charge in [-0.1, -0.05) is 54.1 Å². The molecule has 2 heterocycles. The highest BCUT2D eigenvalue weighted by Gasteiger charge is 2.32. The number of ether oxygens (including phenoxy) is 3. The van der Waals surface area contributed by atoms with Gasteiger partial charge < -0.3 is 34.5 Å². The predicted molar refractivity (Wildman–Crippen MR) is 171 cm³/mol. The van der Waals surface area contributed by atoms with Crippen LogP contribution in [0, 0.1) is 6.92 Å². The SMILES string of the molecule is CCOc1cc([C@@H]2NC(=O)NC(C)=C2C(=O)OC)ccc1OC[C@H](O)N/N=C\c1cn(Cc2cccc(C)c2)c2ccccc12. The maximum Gasteiger partial charge on any atom is 0.337 e. The van der Waals surface area contributed by atoms with E-state index in [0.717, 1.165) is 23.0 Å². The van der Waals surface area contributed by atoms with Crippen molar-refractivity contribution in [2.45, 2.75) is 39.6 Å². The summed E-state index contributed by atoms with van der Waals surface area (Å²) < 4.78 is 18.8. The molecule has 4 aromatic rings. The smallest absolute Gasteiger partial charge is 0.337 e. The van der Waals surface area contributed by atoms with Crippen LogP contribution in [0.25, 0.3) is 10.9 Å². The summed E-state index contributed by atoms with van der Waals surface area (Å²) in [5.74, 6) is 0.209. The molecule has 1 aromatic heterocycles. The number of benzene rings is 3. The number of aryl methyl sites for hydroxylation is 1. The molecule has 1 aliphatic heterocycles. The summed E-state index contributed by atoms with van der Waals surface area (Å²) in [6, 6.07) is 20.4. The third kappa shape index (κ3) is 7.27. The lowest BCUT2D eigenvalue weighted by molar-refractivity contribution is -0.136. The molecule has 0 spiro atoms. The number of hydrazone groups is 1. The Hall–Kier alpha value is -5.29. The van der Waals surface area contributed by atoms with E-state index in [-0.39, 0.29) is 12.2 Å². The first-order chi connectivity index (χ1) is 21.8. The Morgan fingerprint density at radius 1 is 1.09 bits per heavy atom. The lowest BCUT2D eigenvalue weighted by Crippen LogP contribution is -2.45. The summed E-state index contributed by atoms with van der Waals surface area (Å²) in [5.41, 5.74) is 8.43. The third-order valence-electron chi connectivity index (χ3n) is 7.35. The number of aromatic nitrogens is 1. The number of esters is 1. The fourth-order valence-corrected chi connectivity index (χ4v) is 5.33. The van der Waals surface area contributed by atoms with Crippen molar-refractivity contribution in [1.29, 1.82) is 0 Å². The van der Waals surface area contributed by atoms with Crippen LogP contribution in [0.2, 0.25) is 0 Å². The molecule has 2 atom stereocenters. The van der Waals surface area contributed by atoms with Crippen molar-refractivity contribution in [3.63, 3.8) is 0 Å². The molecule has 0 aliphatic carbocycles. The number of carbonyl (C=O) groups is 2. The number of urea groups is 1. The standard InChI is InChI=1S/C34H37N5O6/c1-5-44-29-16-24(32-31(33(41)43-4)22(3)36-34(42)37-32)13-14-28(29)45-20-30(40)38-35-17-25-19-39(27-12-7-6-11-26(25)27)18-23-10-8-9-21(2)15-23/h6-17,19,30,32,38,40H,5,18,20H2,1-4H3,(H2,36,37,42)/b35-17-/t30-,32-/m0/s1. The average molecular weight is 612 g/mol. The van der Waals surface area contributed by atoms with Crippen LogP contribution in [-0.2, 0) is 16.1 Å². The van der Waals surface area contributed by atoms with E-state index in [1.165, 1.54) is 18.2 Å². The second-order valence-corrected chi connectivity index (χ2v) is 10.6. The van der Waals surface area contributed by atoms with Crippen LogP contribution in [0.4, 0.5) is 4.79 Å². The number of allylic oxidation sites excluding steroid dienone is 1. The van der Waals surface area contributed by atoms with Crippen LogP contribution < -0.4 is 25.5 Å². The van der Waals surface area contributed by atoms with Crippen LogP contribution in [0.1, 0.15) is 42.1 Å². The van der Waals surface area contributed by atoms with Crippen molar-refractivity contribution in [2.75, 3.05) is 20.3 Å². The Balaban J connectivity index is 1.26. The molecular weight excluding hydrogens is 574 g/mol. The second kappa shape index (κ2) is 14.0. The molecule has 45 heavy (non-hydrogen) atoms. The molecule has 5 rings (SSSR count). The van der Waals surface area contributed by atoms with Gasteiger partial charge in [0.1, 0.15) is 6.61 Å². The zero-order chi connectivity index (χ0) is 31.9. The van der Waals surface area contributed by atoms with Crippen LogP contribution >= 0.6 is 0 Å². The molecule has 11 nitrogen and oxygen atoms in total. The minimum Gasteiger partial charge on any atom is -0.490 e. The van der Waals surface area contributed by atoms with E-state index in [4.69, 9.17) is 14.2 Å². The molecule has 4 N–H and O–H groups in total. The molecule has 1 aliphatic rings. The summed E-state index contributed by atoms with van der Waals surface area (Å²) in [7, 11) is 1.28. The van der Waals surface area contributed by atoms with Gasteiger partial charge in [0.05, 0.1) is 31.5 Å². The molecular formula is C34H37N5O6. The summed E-state index contributed by atoms with van der Waals surface area (Å²) in [5, 5.41) is 21.3. The Morgan fingerprint density at radius 2 is 1.91 bits per heavy atom. The Kier molecular flexibility index (Phi) is 9.69. The van der Waals surface area contributed by atoms with Gasteiger partial charge >= 0.3 is 12.0 Å². The fraction of sp³-hybridized carbons (Fsp3) is 0.265. The third-order valence-corrected chi connectivity index (χ3v) is 7.35. The number of aliphatic hydroxyl groups excluding tert-OH is 1. The predicted octanol–water partition coefficient (Wildman–Crippen LogP) is 4.52. The van der Waals surface area contributed by atoms with Crippen LogP contribution in [-0.4, -0.2) is 54.4 Å². The number of fused-ring (bicyclic) bond motifs is 1. The van der Waals surface area contributed by atoms with Gasteiger partial charge in [-0.05, 0) is 50.1 Å². The maximum atomic E-state index is 12.5. The van der Waals surface area contributed by atoms with E-state index in [1.54, 1.807) is 31.3 Å². The highest BCUT2D eigenvalue weighted by atomic mass is 16.5.